The van der Waals surface area contributed by atoms with Crippen LogP contribution in [0.5, 0.6) is 0 Å². The summed E-state index contributed by atoms with van der Waals surface area (Å²) in [6, 6.07) is 0.125. The van der Waals surface area contributed by atoms with Crippen LogP contribution in [0.3, 0.4) is 0 Å². The third-order valence-electron chi connectivity index (χ3n) is 4.55. The molecular formula is C14H20N6. The van der Waals surface area contributed by atoms with Crippen LogP contribution in [0.25, 0.3) is 0 Å². The molecule has 3 heterocycles. The van der Waals surface area contributed by atoms with Gasteiger partial charge in [0.1, 0.15) is 5.82 Å². The summed E-state index contributed by atoms with van der Waals surface area (Å²) in [5, 5.41) is 16.7. The van der Waals surface area contributed by atoms with E-state index in [1.54, 1.807) is 0 Å². The van der Waals surface area contributed by atoms with Crippen molar-refractivity contribution < 1.29 is 0 Å². The van der Waals surface area contributed by atoms with E-state index in [9.17, 15) is 0 Å². The van der Waals surface area contributed by atoms with Crippen molar-refractivity contribution in [1.82, 2.24) is 29.9 Å². The molecule has 1 N–H and O–H groups in total. The fourth-order valence-corrected chi connectivity index (χ4v) is 3.18. The summed E-state index contributed by atoms with van der Waals surface area (Å²) in [5.74, 6) is 3.04. The smallest absolute Gasteiger partial charge is 0.154 e. The predicted molar refractivity (Wildman–Crippen MR) is 74.1 cm³/mol. The minimum absolute atomic E-state index is 0.125. The van der Waals surface area contributed by atoms with Gasteiger partial charge in [-0.15, -0.1) is 10.2 Å². The van der Waals surface area contributed by atoms with Gasteiger partial charge in [-0.3, -0.25) is 4.68 Å². The quantitative estimate of drug-likeness (QED) is 0.907. The zero-order valence-electron chi connectivity index (χ0n) is 11.8. The molecule has 0 radical (unpaired) electrons. The Kier molecular flexibility index (Phi) is 2.84. The minimum Gasteiger partial charge on any atom is -0.312 e. The van der Waals surface area contributed by atoms with Crippen molar-refractivity contribution in [2.24, 2.45) is 13.0 Å². The van der Waals surface area contributed by atoms with E-state index in [4.69, 9.17) is 0 Å². The first-order valence-corrected chi connectivity index (χ1v) is 7.45. The summed E-state index contributed by atoms with van der Waals surface area (Å²) in [6.45, 7) is 1.93. The van der Waals surface area contributed by atoms with E-state index in [1.807, 2.05) is 24.1 Å². The average Bonchev–Trinajstić information content (AvgIpc) is 3.00. The number of rotatable bonds is 3. The topological polar surface area (TPSA) is 60.6 Å². The molecule has 1 unspecified atom stereocenters. The molecule has 2 aromatic heterocycles. The lowest BCUT2D eigenvalue weighted by atomic mass is 9.83. The van der Waals surface area contributed by atoms with Crippen molar-refractivity contribution in [1.29, 1.82) is 0 Å². The van der Waals surface area contributed by atoms with E-state index >= 15 is 0 Å². The summed E-state index contributed by atoms with van der Waals surface area (Å²) >= 11 is 0. The van der Waals surface area contributed by atoms with Crippen LogP contribution < -0.4 is 5.32 Å². The molecule has 4 rings (SSSR count). The second-order valence-electron chi connectivity index (χ2n) is 5.96. The largest absolute Gasteiger partial charge is 0.312 e. The summed E-state index contributed by atoms with van der Waals surface area (Å²) in [7, 11) is 1.94. The molecule has 0 aromatic carbocycles. The molecule has 0 amide bonds. The van der Waals surface area contributed by atoms with E-state index in [-0.39, 0.29) is 6.04 Å². The van der Waals surface area contributed by atoms with Gasteiger partial charge in [0.15, 0.2) is 5.82 Å². The highest BCUT2D eigenvalue weighted by Gasteiger charge is 2.28. The van der Waals surface area contributed by atoms with E-state index in [2.05, 4.69) is 25.2 Å². The van der Waals surface area contributed by atoms with Crippen molar-refractivity contribution in [3.8, 4) is 0 Å². The van der Waals surface area contributed by atoms with Gasteiger partial charge >= 0.3 is 0 Å². The standard InChI is InChI=1S/C14H20N6/c1-19-9-11(8-16-19)13-14-18-17-12(7-10-3-2-4-10)20(14)6-5-15-13/h8-10,13,15H,2-7H2,1H3. The fraction of sp³-hybridized carbons (Fsp3) is 0.643. The Labute approximate surface area is 118 Å². The molecule has 1 aliphatic carbocycles. The number of nitrogens with one attached hydrogen (secondary N) is 1. The highest BCUT2D eigenvalue weighted by atomic mass is 15.3. The number of aryl methyl sites for hydroxylation is 1. The molecule has 1 saturated carbocycles. The van der Waals surface area contributed by atoms with Gasteiger partial charge in [0, 0.05) is 38.3 Å². The Balaban J connectivity index is 1.64. The van der Waals surface area contributed by atoms with Gasteiger partial charge in [-0.25, -0.2) is 0 Å². The molecule has 2 aromatic rings. The van der Waals surface area contributed by atoms with Crippen LogP contribution in [0.1, 0.15) is 42.5 Å². The van der Waals surface area contributed by atoms with Crippen LogP contribution in [0, 0.1) is 5.92 Å². The van der Waals surface area contributed by atoms with Crippen LogP contribution in [-0.4, -0.2) is 31.1 Å². The van der Waals surface area contributed by atoms with E-state index in [1.165, 1.54) is 25.1 Å². The molecule has 20 heavy (non-hydrogen) atoms. The Bertz CT molecular complexity index is 609. The van der Waals surface area contributed by atoms with Crippen molar-refractivity contribution in [2.45, 2.75) is 38.3 Å². The van der Waals surface area contributed by atoms with Crippen LogP contribution in [0.4, 0.5) is 0 Å². The molecule has 1 aliphatic heterocycles. The lowest BCUT2D eigenvalue weighted by molar-refractivity contribution is 0.303. The second kappa shape index (κ2) is 4.70. The Hall–Kier alpha value is -1.69. The summed E-state index contributed by atoms with van der Waals surface area (Å²) in [4.78, 5) is 0. The maximum Gasteiger partial charge on any atom is 0.154 e. The van der Waals surface area contributed by atoms with Gasteiger partial charge < -0.3 is 9.88 Å². The first-order chi connectivity index (χ1) is 9.81. The van der Waals surface area contributed by atoms with E-state index < -0.39 is 0 Å². The molecule has 0 bridgehead atoms. The van der Waals surface area contributed by atoms with Gasteiger partial charge in [-0.1, -0.05) is 19.3 Å². The molecule has 1 atom stereocenters. The first kappa shape index (κ1) is 12.1. The van der Waals surface area contributed by atoms with Gasteiger partial charge in [-0.2, -0.15) is 5.10 Å². The number of nitrogens with zero attached hydrogens (tertiary/aromatic N) is 5. The highest BCUT2D eigenvalue weighted by Crippen LogP contribution is 2.31. The molecule has 6 heteroatoms. The molecule has 0 saturated heterocycles. The third-order valence-corrected chi connectivity index (χ3v) is 4.55. The van der Waals surface area contributed by atoms with Gasteiger partial charge in [-0.05, 0) is 5.92 Å². The van der Waals surface area contributed by atoms with Crippen molar-refractivity contribution in [2.75, 3.05) is 6.54 Å². The average molecular weight is 272 g/mol. The summed E-state index contributed by atoms with van der Waals surface area (Å²) in [5.41, 5.74) is 1.16. The maximum absolute atomic E-state index is 4.45. The van der Waals surface area contributed by atoms with E-state index in [0.717, 1.165) is 36.8 Å². The second-order valence-corrected chi connectivity index (χ2v) is 5.96. The Morgan fingerprint density at radius 2 is 2.25 bits per heavy atom. The zero-order valence-corrected chi connectivity index (χ0v) is 11.8. The van der Waals surface area contributed by atoms with Crippen LogP contribution in [-0.2, 0) is 20.0 Å². The van der Waals surface area contributed by atoms with Crippen LogP contribution in [0.2, 0.25) is 0 Å². The van der Waals surface area contributed by atoms with E-state index in [0.29, 0.717) is 0 Å². The SMILES string of the molecule is Cn1cc(C2NCCn3c(CC4CCC4)nnc32)cn1. The Morgan fingerprint density at radius 1 is 1.35 bits per heavy atom. The monoisotopic (exact) mass is 272 g/mol. The lowest BCUT2D eigenvalue weighted by Gasteiger charge is -2.27. The highest BCUT2D eigenvalue weighted by molar-refractivity contribution is 5.21. The van der Waals surface area contributed by atoms with Gasteiger partial charge in [0.2, 0.25) is 0 Å². The molecule has 106 valence electrons. The van der Waals surface area contributed by atoms with Crippen molar-refractivity contribution in [3.05, 3.63) is 29.6 Å². The van der Waals surface area contributed by atoms with Crippen LogP contribution >= 0.6 is 0 Å². The van der Waals surface area contributed by atoms with Crippen molar-refractivity contribution in [3.63, 3.8) is 0 Å². The number of hydrogen-bond donors (Lipinski definition) is 1. The summed E-state index contributed by atoms with van der Waals surface area (Å²) < 4.78 is 4.15. The molecule has 0 spiro atoms. The first-order valence-electron chi connectivity index (χ1n) is 7.45. The zero-order chi connectivity index (χ0) is 13.5. The van der Waals surface area contributed by atoms with Crippen LogP contribution in [0.15, 0.2) is 12.4 Å². The summed E-state index contributed by atoms with van der Waals surface area (Å²) in [6.07, 6.45) is 9.14. The third kappa shape index (κ3) is 1.95. The number of fused-ring (bicyclic) bond motifs is 1. The maximum atomic E-state index is 4.45. The Morgan fingerprint density at radius 3 is 2.95 bits per heavy atom. The predicted octanol–water partition coefficient (Wildman–Crippen LogP) is 1.05. The molecular weight excluding hydrogens is 252 g/mol. The fourth-order valence-electron chi connectivity index (χ4n) is 3.18. The normalized spacial score (nSPS) is 22.6. The number of hydrogen-bond acceptors (Lipinski definition) is 4. The number of aromatic nitrogens is 5. The lowest BCUT2D eigenvalue weighted by Crippen LogP contribution is -2.35. The van der Waals surface area contributed by atoms with Crippen molar-refractivity contribution >= 4 is 0 Å². The minimum atomic E-state index is 0.125. The van der Waals surface area contributed by atoms with Gasteiger partial charge in [0.05, 0.1) is 12.2 Å². The van der Waals surface area contributed by atoms with Gasteiger partial charge in [0.25, 0.3) is 0 Å². The molecule has 2 aliphatic rings. The molecule has 1 fully saturated rings. The molecule has 6 nitrogen and oxygen atoms in total.